The second-order valence-electron chi connectivity index (χ2n) is 6.46. The van der Waals surface area contributed by atoms with Crippen molar-refractivity contribution in [1.82, 2.24) is 19.7 Å². The number of aromatic nitrogens is 4. The normalized spacial score (nSPS) is 10.8. The molecule has 29 heavy (non-hydrogen) atoms. The number of nitriles is 1. The van der Waals surface area contributed by atoms with Gasteiger partial charge >= 0.3 is 0 Å². The number of amides is 1. The van der Waals surface area contributed by atoms with Gasteiger partial charge in [-0.3, -0.25) is 15.2 Å². The van der Waals surface area contributed by atoms with E-state index in [2.05, 4.69) is 26.6 Å². The molecule has 2 heterocycles. The summed E-state index contributed by atoms with van der Waals surface area (Å²) in [6, 6.07) is 15.9. The number of rotatable bonds is 6. The third-order valence-corrected chi connectivity index (χ3v) is 4.56. The molecule has 2 aromatic heterocycles. The maximum absolute atomic E-state index is 13.9. The lowest BCUT2D eigenvalue weighted by molar-refractivity contribution is 0.102. The highest BCUT2D eigenvalue weighted by Crippen LogP contribution is 2.23. The molecule has 7 nitrogen and oxygen atoms in total. The van der Waals surface area contributed by atoms with Crippen molar-refractivity contribution in [2.45, 2.75) is 19.4 Å². The quantitative estimate of drug-likeness (QED) is 0.485. The molecule has 0 fully saturated rings. The number of unbranched alkanes of at least 4 members (excludes halogenated alkanes) is 1. The highest BCUT2D eigenvalue weighted by molar-refractivity contribution is 6.12. The van der Waals surface area contributed by atoms with Crippen LogP contribution < -0.4 is 5.32 Å². The van der Waals surface area contributed by atoms with Crippen LogP contribution in [0.15, 0.2) is 54.7 Å². The van der Waals surface area contributed by atoms with Gasteiger partial charge in [-0.25, -0.2) is 4.39 Å². The SMILES string of the molecule is N#CCCCn1cc(C(=O)Nc2n[nH]c(-c3ccccc3F)n2)c2ccccc21. The van der Waals surface area contributed by atoms with Crippen LogP contribution in [0.5, 0.6) is 0 Å². The summed E-state index contributed by atoms with van der Waals surface area (Å²) in [5.41, 5.74) is 1.67. The van der Waals surface area contributed by atoms with E-state index >= 15 is 0 Å². The summed E-state index contributed by atoms with van der Waals surface area (Å²) in [4.78, 5) is 17.0. The molecule has 0 spiro atoms. The predicted molar refractivity (Wildman–Crippen MR) is 107 cm³/mol. The molecule has 4 rings (SSSR count). The molecule has 2 aromatic carbocycles. The number of nitrogens with zero attached hydrogens (tertiary/aromatic N) is 4. The lowest BCUT2D eigenvalue weighted by Crippen LogP contribution is -2.12. The first-order valence-electron chi connectivity index (χ1n) is 9.11. The van der Waals surface area contributed by atoms with Crippen molar-refractivity contribution in [3.63, 3.8) is 0 Å². The molecule has 0 saturated carbocycles. The van der Waals surface area contributed by atoms with Crippen LogP contribution in [0.2, 0.25) is 0 Å². The number of H-pyrrole nitrogens is 1. The molecule has 0 unspecified atom stereocenters. The van der Waals surface area contributed by atoms with Crippen molar-refractivity contribution in [2.24, 2.45) is 0 Å². The second-order valence-corrected chi connectivity index (χ2v) is 6.46. The van der Waals surface area contributed by atoms with Crippen molar-refractivity contribution < 1.29 is 9.18 Å². The van der Waals surface area contributed by atoms with Gasteiger partial charge in [0.15, 0.2) is 5.82 Å². The number of fused-ring (bicyclic) bond motifs is 1. The Morgan fingerprint density at radius 3 is 2.83 bits per heavy atom. The zero-order valence-corrected chi connectivity index (χ0v) is 15.4. The Labute approximate surface area is 165 Å². The minimum Gasteiger partial charge on any atom is -0.347 e. The maximum atomic E-state index is 13.9. The van der Waals surface area contributed by atoms with Gasteiger partial charge in [-0.15, -0.1) is 5.10 Å². The topological polar surface area (TPSA) is 99.4 Å². The summed E-state index contributed by atoms with van der Waals surface area (Å²) < 4.78 is 15.9. The van der Waals surface area contributed by atoms with E-state index in [0.717, 1.165) is 10.9 Å². The molecule has 0 aliphatic heterocycles. The number of para-hydroxylation sites is 1. The molecule has 0 radical (unpaired) electrons. The molecule has 0 aliphatic rings. The van der Waals surface area contributed by atoms with Crippen LogP contribution in [0.25, 0.3) is 22.3 Å². The summed E-state index contributed by atoms with van der Waals surface area (Å²) in [6.07, 6.45) is 2.91. The fourth-order valence-electron chi connectivity index (χ4n) is 3.20. The van der Waals surface area contributed by atoms with Gasteiger partial charge < -0.3 is 4.57 Å². The van der Waals surface area contributed by atoms with E-state index in [1.54, 1.807) is 24.4 Å². The third kappa shape index (κ3) is 3.71. The highest BCUT2D eigenvalue weighted by atomic mass is 19.1. The zero-order valence-electron chi connectivity index (χ0n) is 15.4. The van der Waals surface area contributed by atoms with E-state index in [-0.39, 0.29) is 23.2 Å². The fraction of sp³-hybridized carbons (Fsp3) is 0.143. The van der Waals surface area contributed by atoms with E-state index < -0.39 is 5.82 Å². The van der Waals surface area contributed by atoms with Gasteiger partial charge in [0, 0.05) is 30.1 Å². The fourth-order valence-corrected chi connectivity index (χ4v) is 3.20. The van der Waals surface area contributed by atoms with Crippen molar-refractivity contribution in [1.29, 1.82) is 5.26 Å². The molecular weight excluding hydrogens is 371 g/mol. The van der Waals surface area contributed by atoms with E-state index in [1.165, 1.54) is 6.07 Å². The third-order valence-electron chi connectivity index (χ3n) is 4.56. The number of halogens is 1. The van der Waals surface area contributed by atoms with Crippen molar-refractivity contribution in [3.05, 3.63) is 66.1 Å². The van der Waals surface area contributed by atoms with Crippen LogP contribution in [0, 0.1) is 17.1 Å². The predicted octanol–water partition coefficient (Wildman–Crippen LogP) is 4.12. The summed E-state index contributed by atoms with van der Waals surface area (Å²) in [5.74, 6) is -0.492. The van der Waals surface area contributed by atoms with Crippen molar-refractivity contribution in [2.75, 3.05) is 5.32 Å². The number of carbonyl (C=O) groups excluding carboxylic acids is 1. The monoisotopic (exact) mass is 388 g/mol. The summed E-state index contributed by atoms with van der Waals surface area (Å²) in [7, 11) is 0. The first kappa shape index (κ1) is 18.4. The zero-order chi connectivity index (χ0) is 20.2. The van der Waals surface area contributed by atoms with Gasteiger partial charge in [0.2, 0.25) is 5.95 Å². The Kier molecular flexibility index (Phi) is 5.03. The average molecular weight is 388 g/mol. The summed E-state index contributed by atoms with van der Waals surface area (Å²) >= 11 is 0. The van der Waals surface area contributed by atoms with Crippen LogP contribution >= 0.6 is 0 Å². The molecule has 0 saturated heterocycles. The molecule has 144 valence electrons. The number of anilines is 1. The number of benzene rings is 2. The van der Waals surface area contributed by atoms with Gasteiger partial charge in [-0.1, -0.05) is 30.3 Å². The Balaban J connectivity index is 1.59. The lowest BCUT2D eigenvalue weighted by Gasteiger charge is -2.02. The van der Waals surface area contributed by atoms with E-state index in [0.29, 0.717) is 24.9 Å². The van der Waals surface area contributed by atoms with Crippen molar-refractivity contribution >= 4 is 22.8 Å². The number of nitrogens with one attached hydrogen (secondary N) is 2. The van der Waals surface area contributed by atoms with Gasteiger partial charge in [0.05, 0.1) is 17.2 Å². The van der Waals surface area contributed by atoms with E-state index in [1.807, 2.05) is 28.8 Å². The number of aromatic amines is 1. The smallest absolute Gasteiger partial charge is 0.260 e. The van der Waals surface area contributed by atoms with Crippen LogP contribution in [-0.2, 0) is 6.54 Å². The minimum absolute atomic E-state index is 0.0644. The average Bonchev–Trinajstić information content (AvgIpc) is 3.34. The molecule has 0 aliphatic carbocycles. The second kappa shape index (κ2) is 7.94. The summed E-state index contributed by atoms with van der Waals surface area (Å²) in [6.45, 7) is 0.638. The van der Waals surface area contributed by atoms with Crippen LogP contribution in [0.4, 0.5) is 10.3 Å². The number of hydrogen-bond donors (Lipinski definition) is 2. The van der Waals surface area contributed by atoms with Gasteiger partial charge in [-0.2, -0.15) is 10.2 Å². The van der Waals surface area contributed by atoms with Crippen LogP contribution in [-0.4, -0.2) is 25.7 Å². The number of aryl methyl sites for hydroxylation is 1. The number of carbonyl (C=O) groups is 1. The Hall–Kier alpha value is -3.99. The Morgan fingerprint density at radius 1 is 1.21 bits per heavy atom. The molecule has 0 bridgehead atoms. The molecule has 8 heteroatoms. The Morgan fingerprint density at radius 2 is 2.00 bits per heavy atom. The van der Waals surface area contributed by atoms with Gasteiger partial charge in [0.1, 0.15) is 5.82 Å². The largest absolute Gasteiger partial charge is 0.347 e. The van der Waals surface area contributed by atoms with Crippen LogP contribution in [0.1, 0.15) is 23.2 Å². The minimum atomic E-state index is -0.429. The highest BCUT2D eigenvalue weighted by Gasteiger charge is 2.17. The van der Waals surface area contributed by atoms with Gasteiger partial charge in [0.25, 0.3) is 5.91 Å². The molecular formula is C21H17FN6O. The number of hydrogen-bond acceptors (Lipinski definition) is 4. The first-order chi connectivity index (χ1) is 14.2. The maximum Gasteiger partial charge on any atom is 0.260 e. The van der Waals surface area contributed by atoms with Gasteiger partial charge in [-0.05, 0) is 24.6 Å². The summed E-state index contributed by atoms with van der Waals surface area (Å²) in [5, 5.41) is 18.8. The van der Waals surface area contributed by atoms with E-state index in [9.17, 15) is 9.18 Å². The lowest BCUT2D eigenvalue weighted by atomic mass is 10.1. The Bertz CT molecular complexity index is 1220. The molecule has 1 amide bonds. The van der Waals surface area contributed by atoms with Crippen LogP contribution in [0.3, 0.4) is 0 Å². The van der Waals surface area contributed by atoms with E-state index in [4.69, 9.17) is 5.26 Å². The molecule has 4 aromatic rings. The molecule has 2 N–H and O–H groups in total. The standard InChI is InChI=1S/C21H17FN6O/c22-17-9-3-1-8-15(17)19-24-21(27-26-19)25-20(29)16-13-28(12-6-5-11-23)18-10-4-2-7-14(16)18/h1-4,7-10,13H,5-6,12H2,(H2,24,25,26,27,29). The molecule has 0 atom stereocenters. The van der Waals surface area contributed by atoms with Crippen molar-refractivity contribution in [3.8, 4) is 17.5 Å². The first-order valence-corrected chi connectivity index (χ1v) is 9.11.